The number of aromatic nitrogens is 2. The Labute approximate surface area is 106 Å². The molecule has 5 nitrogen and oxygen atoms in total. The maximum atomic E-state index is 12.0. The molecule has 0 aromatic carbocycles. The first kappa shape index (κ1) is 12.6. The second kappa shape index (κ2) is 5.64. The van der Waals surface area contributed by atoms with Crippen LogP contribution in [-0.2, 0) is 4.74 Å². The number of carbonyl (C=O) groups excluding carboxylic acids is 1. The first-order valence-electron chi connectivity index (χ1n) is 5.94. The van der Waals surface area contributed by atoms with Crippen molar-refractivity contribution in [1.29, 1.82) is 0 Å². The summed E-state index contributed by atoms with van der Waals surface area (Å²) in [5.41, 5.74) is 2.19. The van der Waals surface area contributed by atoms with Gasteiger partial charge >= 0.3 is 0 Å². The molecule has 0 unspecified atom stereocenters. The first-order valence-corrected chi connectivity index (χ1v) is 5.94. The number of carbonyl (C=O) groups is 1. The number of aryl methyl sites for hydroxylation is 1. The van der Waals surface area contributed by atoms with E-state index in [0.29, 0.717) is 24.4 Å². The van der Waals surface area contributed by atoms with Crippen LogP contribution >= 0.6 is 0 Å². The van der Waals surface area contributed by atoms with Gasteiger partial charge < -0.3 is 14.5 Å². The number of ether oxygens (including phenoxy) is 1. The van der Waals surface area contributed by atoms with Crippen LogP contribution in [0.2, 0.25) is 0 Å². The van der Waals surface area contributed by atoms with E-state index in [1.165, 1.54) is 0 Å². The molecule has 0 aliphatic carbocycles. The standard InChI is InChI=1S/C13H17N3O2/c1-10-9-16-7-3-5-11(12(16)15-10)13(17)14-6-4-8-18-2/h3,5,7,9H,4,6,8H2,1-2H3,(H,14,17). The molecule has 18 heavy (non-hydrogen) atoms. The predicted octanol–water partition coefficient (Wildman–Crippen LogP) is 1.41. The Morgan fingerprint density at radius 1 is 1.56 bits per heavy atom. The Hall–Kier alpha value is -1.88. The summed E-state index contributed by atoms with van der Waals surface area (Å²) in [6, 6.07) is 3.63. The highest BCUT2D eigenvalue weighted by Gasteiger charge is 2.11. The van der Waals surface area contributed by atoms with Crippen molar-refractivity contribution in [2.45, 2.75) is 13.3 Å². The molecule has 0 spiro atoms. The maximum Gasteiger partial charge on any atom is 0.255 e. The lowest BCUT2D eigenvalue weighted by molar-refractivity contribution is 0.0949. The highest BCUT2D eigenvalue weighted by molar-refractivity contribution is 5.99. The number of methoxy groups -OCH3 is 1. The molecule has 2 rings (SSSR count). The van der Waals surface area contributed by atoms with Crippen LogP contribution in [0.1, 0.15) is 22.5 Å². The molecule has 2 aromatic heterocycles. The van der Waals surface area contributed by atoms with Crippen molar-refractivity contribution in [1.82, 2.24) is 14.7 Å². The Kier molecular flexibility index (Phi) is 3.94. The molecule has 1 amide bonds. The SMILES string of the molecule is COCCCNC(=O)c1cccn2cc(C)nc12. The molecule has 0 saturated heterocycles. The van der Waals surface area contributed by atoms with Crippen molar-refractivity contribution in [2.75, 3.05) is 20.3 Å². The number of hydrogen-bond donors (Lipinski definition) is 1. The normalized spacial score (nSPS) is 10.8. The molecule has 0 bridgehead atoms. The predicted molar refractivity (Wildman–Crippen MR) is 68.8 cm³/mol. The van der Waals surface area contributed by atoms with Crippen molar-refractivity contribution in [2.24, 2.45) is 0 Å². The fraction of sp³-hybridized carbons (Fsp3) is 0.385. The molecule has 96 valence electrons. The molecule has 5 heteroatoms. The lowest BCUT2D eigenvalue weighted by Gasteiger charge is -2.05. The van der Waals surface area contributed by atoms with Gasteiger partial charge in [-0.3, -0.25) is 4.79 Å². The van der Waals surface area contributed by atoms with Gasteiger partial charge in [0.1, 0.15) is 5.65 Å². The van der Waals surface area contributed by atoms with E-state index in [2.05, 4.69) is 10.3 Å². The first-order chi connectivity index (χ1) is 8.72. The van der Waals surface area contributed by atoms with E-state index in [1.54, 1.807) is 13.2 Å². The maximum absolute atomic E-state index is 12.0. The van der Waals surface area contributed by atoms with Gasteiger partial charge in [-0.05, 0) is 25.5 Å². The third-order valence-electron chi connectivity index (χ3n) is 2.66. The molecule has 2 heterocycles. The van der Waals surface area contributed by atoms with E-state index in [-0.39, 0.29) is 5.91 Å². The third kappa shape index (κ3) is 2.68. The van der Waals surface area contributed by atoms with Gasteiger partial charge in [-0.1, -0.05) is 0 Å². The third-order valence-corrected chi connectivity index (χ3v) is 2.66. The molecule has 0 aliphatic rings. The van der Waals surface area contributed by atoms with Gasteiger partial charge in [-0.15, -0.1) is 0 Å². The van der Waals surface area contributed by atoms with Gasteiger partial charge in [-0.25, -0.2) is 4.98 Å². The molecule has 0 saturated carbocycles. The summed E-state index contributed by atoms with van der Waals surface area (Å²) in [6.45, 7) is 3.16. The number of fused-ring (bicyclic) bond motifs is 1. The Morgan fingerprint density at radius 3 is 3.17 bits per heavy atom. The van der Waals surface area contributed by atoms with Crippen LogP contribution in [0, 0.1) is 6.92 Å². The van der Waals surface area contributed by atoms with Gasteiger partial charge in [0.15, 0.2) is 0 Å². The highest BCUT2D eigenvalue weighted by Crippen LogP contribution is 2.10. The number of amides is 1. The van der Waals surface area contributed by atoms with E-state index in [1.807, 2.05) is 29.8 Å². The zero-order chi connectivity index (χ0) is 13.0. The summed E-state index contributed by atoms with van der Waals surface area (Å²) in [5, 5.41) is 2.86. The summed E-state index contributed by atoms with van der Waals surface area (Å²) in [6.07, 6.45) is 4.59. The van der Waals surface area contributed by atoms with Crippen LogP contribution < -0.4 is 5.32 Å². The van der Waals surface area contributed by atoms with E-state index >= 15 is 0 Å². The quantitative estimate of drug-likeness (QED) is 0.813. The van der Waals surface area contributed by atoms with E-state index in [4.69, 9.17) is 4.74 Å². The lowest BCUT2D eigenvalue weighted by Crippen LogP contribution is -2.25. The fourth-order valence-electron chi connectivity index (χ4n) is 1.83. The van der Waals surface area contributed by atoms with Crippen LogP contribution in [-0.4, -0.2) is 35.6 Å². The Balaban J connectivity index is 2.12. The van der Waals surface area contributed by atoms with Gasteiger partial charge in [0, 0.05) is 32.7 Å². The zero-order valence-corrected chi connectivity index (χ0v) is 10.6. The number of imidazole rings is 1. The molecule has 1 N–H and O–H groups in total. The smallest absolute Gasteiger partial charge is 0.255 e. The summed E-state index contributed by atoms with van der Waals surface area (Å²) in [7, 11) is 1.65. The van der Waals surface area contributed by atoms with Gasteiger partial charge in [0.2, 0.25) is 0 Å². The van der Waals surface area contributed by atoms with Gasteiger partial charge in [0.25, 0.3) is 5.91 Å². The van der Waals surface area contributed by atoms with Crippen molar-refractivity contribution in [3.63, 3.8) is 0 Å². The Morgan fingerprint density at radius 2 is 2.39 bits per heavy atom. The monoisotopic (exact) mass is 247 g/mol. The van der Waals surface area contributed by atoms with Crippen LogP contribution in [0.3, 0.4) is 0 Å². The minimum absolute atomic E-state index is 0.0951. The summed E-state index contributed by atoms with van der Waals surface area (Å²) in [4.78, 5) is 16.4. The Bertz CT molecular complexity index is 548. The molecule has 0 aliphatic heterocycles. The molecule has 2 aromatic rings. The van der Waals surface area contributed by atoms with Crippen molar-refractivity contribution < 1.29 is 9.53 Å². The van der Waals surface area contributed by atoms with E-state index in [9.17, 15) is 4.79 Å². The minimum Gasteiger partial charge on any atom is -0.385 e. The molecular weight excluding hydrogens is 230 g/mol. The van der Waals surface area contributed by atoms with E-state index < -0.39 is 0 Å². The second-order valence-corrected chi connectivity index (χ2v) is 4.14. The highest BCUT2D eigenvalue weighted by atomic mass is 16.5. The van der Waals surface area contributed by atoms with Crippen molar-refractivity contribution >= 4 is 11.6 Å². The van der Waals surface area contributed by atoms with Crippen molar-refractivity contribution in [3.05, 3.63) is 35.8 Å². The number of pyridine rings is 1. The lowest BCUT2D eigenvalue weighted by atomic mass is 10.2. The fourth-order valence-corrected chi connectivity index (χ4v) is 1.83. The number of nitrogens with zero attached hydrogens (tertiary/aromatic N) is 2. The largest absolute Gasteiger partial charge is 0.385 e. The van der Waals surface area contributed by atoms with Gasteiger partial charge in [0.05, 0.1) is 11.3 Å². The zero-order valence-electron chi connectivity index (χ0n) is 10.6. The molecule has 0 radical (unpaired) electrons. The number of nitrogens with one attached hydrogen (secondary N) is 1. The summed E-state index contributed by atoms with van der Waals surface area (Å²) >= 11 is 0. The van der Waals surface area contributed by atoms with Gasteiger partial charge in [-0.2, -0.15) is 0 Å². The van der Waals surface area contributed by atoms with Crippen LogP contribution in [0.15, 0.2) is 24.5 Å². The molecule has 0 atom stereocenters. The molecular formula is C13H17N3O2. The van der Waals surface area contributed by atoms with Crippen LogP contribution in [0.5, 0.6) is 0 Å². The van der Waals surface area contributed by atoms with Crippen LogP contribution in [0.25, 0.3) is 5.65 Å². The van der Waals surface area contributed by atoms with Crippen molar-refractivity contribution in [3.8, 4) is 0 Å². The number of hydrogen-bond acceptors (Lipinski definition) is 3. The average Bonchev–Trinajstić information content (AvgIpc) is 2.74. The van der Waals surface area contributed by atoms with Crippen LogP contribution in [0.4, 0.5) is 0 Å². The molecule has 0 fully saturated rings. The topological polar surface area (TPSA) is 55.6 Å². The summed E-state index contributed by atoms with van der Waals surface area (Å²) < 4.78 is 6.80. The number of rotatable bonds is 5. The van der Waals surface area contributed by atoms with E-state index in [0.717, 1.165) is 12.1 Å². The average molecular weight is 247 g/mol. The minimum atomic E-state index is -0.0951. The second-order valence-electron chi connectivity index (χ2n) is 4.14. The summed E-state index contributed by atoms with van der Waals surface area (Å²) in [5.74, 6) is -0.0951.